The van der Waals surface area contributed by atoms with Crippen LogP contribution in [0.15, 0.2) is 24.3 Å². The van der Waals surface area contributed by atoms with E-state index in [0.29, 0.717) is 55.1 Å². The quantitative estimate of drug-likeness (QED) is 0.0290. The van der Waals surface area contributed by atoms with Crippen molar-refractivity contribution in [2.75, 3.05) is 45.2 Å². The molecule has 2 aromatic rings. The molecule has 18 heteroatoms. The summed E-state index contributed by atoms with van der Waals surface area (Å²) < 4.78 is 26.6. The third kappa shape index (κ3) is 22.0. The number of carbonyl (C=O) groups is 2. The van der Waals surface area contributed by atoms with E-state index < -0.39 is 22.0 Å². The number of unbranched alkanes of at least 4 members (excludes halogenated alkanes) is 10. The molecule has 2 rings (SSSR count). The molecule has 0 aliphatic heterocycles. The summed E-state index contributed by atoms with van der Waals surface area (Å²) in [5.41, 5.74) is 0.482. The minimum absolute atomic E-state index is 0.179. The number of hydrogen-bond acceptors (Lipinski definition) is 12. The second-order valence-corrected chi connectivity index (χ2v) is 14.0. The van der Waals surface area contributed by atoms with Crippen molar-refractivity contribution >= 4 is 46.8 Å². The smallest absolute Gasteiger partial charge is 0.407 e. The Hall–Kier alpha value is -4.28. The van der Waals surface area contributed by atoms with Crippen LogP contribution >= 0.6 is 23.2 Å². The van der Waals surface area contributed by atoms with Gasteiger partial charge in [-0.1, -0.05) is 65.2 Å². The minimum Gasteiger partial charge on any atom is -0.493 e. The molecule has 58 heavy (non-hydrogen) atoms. The number of nitro groups is 2. The van der Waals surface area contributed by atoms with Crippen LogP contribution in [0.1, 0.15) is 120 Å². The van der Waals surface area contributed by atoms with Crippen LogP contribution < -0.4 is 24.8 Å². The molecular weight excluding hydrogens is 799 g/mol. The molecule has 2 amide bonds. The molecule has 0 aliphatic rings. The highest BCUT2D eigenvalue weighted by molar-refractivity contribution is 6.18. The molecule has 0 radical (unpaired) electrons. The predicted octanol–water partition coefficient (Wildman–Crippen LogP) is 9.88. The van der Waals surface area contributed by atoms with Gasteiger partial charge >= 0.3 is 12.2 Å². The average Bonchev–Trinajstić information content (AvgIpc) is 3.22. The number of halogens is 2. The molecule has 16 nitrogen and oxygen atoms in total. The largest absolute Gasteiger partial charge is 0.493 e. The van der Waals surface area contributed by atoms with E-state index in [1.54, 1.807) is 0 Å². The molecule has 0 aromatic heterocycles. The predicted molar refractivity (Wildman–Crippen MR) is 223 cm³/mol. The number of alkyl carbamates (subject to hydrolysis) is 2. The van der Waals surface area contributed by atoms with Gasteiger partial charge in [0, 0.05) is 30.4 Å². The molecular formula is C40H62Cl2N4O12. The Kier molecular flexibility index (Phi) is 29.1. The van der Waals surface area contributed by atoms with E-state index in [2.05, 4.69) is 10.6 Å². The van der Waals surface area contributed by atoms with Crippen molar-refractivity contribution < 1.29 is 48.2 Å². The Morgan fingerprint density at radius 2 is 1.10 bits per heavy atom. The summed E-state index contributed by atoms with van der Waals surface area (Å²) in [6.45, 7) is 4.80. The van der Waals surface area contributed by atoms with E-state index in [0.717, 1.165) is 89.9 Å². The lowest BCUT2D eigenvalue weighted by atomic mass is 10.1. The van der Waals surface area contributed by atoms with Gasteiger partial charge in [-0.25, -0.2) is 9.59 Å². The van der Waals surface area contributed by atoms with Gasteiger partial charge in [0.25, 0.3) is 11.4 Å². The first kappa shape index (κ1) is 51.7. The first-order valence-electron chi connectivity index (χ1n) is 20.0. The third-order valence-corrected chi connectivity index (χ3v) is 9.04. The highest BCUT2D eigenvalue weighted by Gasteiger charge is 2.22. The number of methoxy groups -OCH3 is 1. The summed E-state index contributed by atoms with van der Waals surface area (Å²) in [7, 11) is 1.45. The number of ether oxygens (including phenoxy) is 5. The summed E-state index contributed by atoms with van der Waals surface area (Å²) in [5, 5.41) is 37.6. The van der Waals surface area contributed by atoms with Crippen LogP contribution in [0.5, 0.6) is 17.2 Å². The maximum Gasteiger partial charge on any atom is 0.407 e. The van der Waals surface area contributed by atoms with Gasteiger partial charge < -0.3 is 39.4 Å². The van der Waals surface area contributed by atoms with Crippen LogP contribution in [0.3, 0.4) is 0 Å². The first-order chi connectivity index (χ1) is 28.1. The van der Waals surface area contributed by atoms with E-state index >= 15 is 0 Å². The van der Waals surface area contributed by atoms with Gasteiger partial charge in [-0.05, 0) is 50.7 Å². The number of rotatable bonds is 30. The Morgan fingerprint density at radius 1 is 0.621 bits per heavy atom. The SMILES string of the molecule is CCCNC(=O)OCc1cc(CO)c(OCCCCCCCCCl)cc1[N+](=O)[O-].CCCOc1cc([N+](=O)[O-])c(COC(=O)NCCCCCCCCCl)cc1OC. The molecule has 0 bridgehead atoms. The van der Waals surface area contributed by atoms with E-state index in [9.17, 15) is 34.9 Å². The monoisotopic (exact) mass is 860 g/mol. The third-order valence-electron chi connectivity index (χ3n) is 8.50. The van der Waals surface area contributed by atoms with Gasteiger partial charge in [0.15, 0.2) is 11.5 Å². The van der Waals surface area contributed by atoms with Gasteiger partial charge in [0.1, 0.15) is 19.0 Å². The molecule has 328 valence electrons. The molecule has 0 aliphatic carbocycles. The van der Waals surface area contributed by atoms with Gasteiger partial charge in [-0.3, -0.25) is 20.2 Å². The number of aliphatic hydroxyl groups excluding tert-OH is 1. The molecule has 0 saturated heterocycles. The number of nitro benzene ring substituents is 2. The van der Waals surface area contributed by atoms with E-state index in [-0.39, 0.29) is 48.1 Å². The number of carbonyl (C=O) groups excluding carboxylic acids is 2. The molecule has 0 fully saturated rings. The van der Waals surface area contributed by atoms with Crippen LogP contribution in [0.4, 0.5) is 21.0 Å². The number of hydrogen-bond donors (Lipinski definition) is 3. The fourth-order valence-corrected chi connectivity index (χ4v) is 5.77. The second kappa shape index (κ2) is 32.7. The second-order valence-electron chi connectivity index (χ2n) is 13.2. The number of nitrogens with zero attached hydrogens (tertiary/aromatic N) is 2. The summed E-state index contributed by atoms with van der Waals surface area (Å²) in [4.78, 5) is 45.2. The Labute approximate surface area is 351 Å². The van der Waals surface area contributed by atoms with Gasteiger partial charge in [-0.2, -0.15) is 0 Å². The zero-order valence-corrected chi connectivity index (χ0v) is 35.7. The van der Waals surface area contributed by atoms with Crippen molar-refractivity contribution in [3.8, 4) is 17.2 Å². The number of amides is 2. The lowest BCUT2D eigenvalue weighted by Crippen LogP contribution is -2.25. The number of alkyl halides is 2. The van der Waals surface area contributed by atoms with Gasteiger partial charge in [0.2, 0.25) is 0 Å². The van der Waals surface area contributed by atoms with Crippen LogP contribution in [0.25, 0.3) is 0 Å². The van der Waals surface area contributed by atoms with Gasteiger partial charge in [0.05, 0.1) is 60.0 Å². The van der Waals surface area contributed by atoms with E-state index in [4.69, 9.17) is 46.9 Å². The summed E-state index contributed by atoms with van der Waals surface area (Å²) in [6, 6.07) is 5.51. The van der Waals surface area contributed by atoms with Crippen LogP contribution in [-0.4, -0.2) is 72.3 Å². The summed E-state index contributed by atoms with van der Waals surface area (Å²) in [6.07, 6.45) is 12.7. The topological polar surface area (TPSA) is 211 Å². The van der Waals surface area contributed by atoms with Crippen molar-refractivity contribution in [1.29, 1.82) is 0 Å². The van der Waals surface area contributed by atoms with Crippen molar-refractivity contribution in [1.82, 2.24) is 10.6 Å². The molecule has 0 atom stereocenters. The summed E-state index contributed by atoms with van der Waals surface area (Å²) in [5.74, 6) is 2.32. The standard InChI is InChI=1S/2C20H31ClN2O6/c1-3-12-28-19-14-17(23(25)26)16(13-18(19)27-2)15-29-20(24)22-11-9-7-5-4-6-8-10-21;1-2-10-22-20(25)29-15-17-12-16(14-24)19(13-18(17)23(26)27)28-11-8-6-4-3-5-7-9-21/h13-14H,3-12,15H2,1-2H3,(H,22,24);12-13,24H,2-11,14-15H2,1H3,(H,22,25). The highest BCUT2D eigenvalue weighted by Crippen LogP contribution is 2.35. The normalized spacial score (nSPS) is 10.5. The Morgan fingerprint density at radius 3 is 1.60 bits per heavy atom. The summed E-state index contributed by atoms with van der Waals surface area (Å²) >= 11 is 11.3. The minimum atomic E-state index is -0.641. The molecule has 3 N–H and O–H groups in total. The average molecular weight is 862 g/mol. The zero-order valence-electron chi connectivity index (χ0n) is 34.2. The first-order valence-corrected chi connectivity index (χ1v) is 21.1. The lowest BCUT2D eigenvalue weighted by Gasteiger charge is -2.13. The maximum atomic E-state index is 11.9. The number of nitrogens with one attached hydrogen (secondary N) is 2. The van der Waals surface area contributed by atoms with Crippen LogP contribution in [0.2, 0.25) is 0 Å². The van der Waals surface area contributed by atoms with Crippen LogP contribution in [-0.2, 0) is 29.3 Å². The van der Waals surface area contributed by atoms with Crippen LogP contribution in [0, 0.1) is 20.2 Å². The van der Waals surface area contributed by atoms with Crippen molar-refractivity contribution in [2.24, 2.45) is 0 Å². The van der Waals surface area contributed by atoms with Crippen molar-refractivity contribution in [2.45, 2.75) is 124 Å². The van der Waals surface area contributed by atoms with Crippen molar-refractivity contribution in [3.05, 3.63) is 61.2 Å². The number of benzene rings is 2. The fourth-order valence-electron chi connectivity index (χ4n) is 5.39. The highest BCUT2D eigenvalue weighted by atomic mass is 35.5. The molecule has 2 aromatic carbocycles. The van der Waals surface area contributed by atoms with Gasteiger partial charge in [-0.15, -0.1) is 23.2 Å². The maximum absolute atomic E-state index is 11.9. The molecule has 0 heterocycles. The zero-order chi connectivity index (χ0) is 43.0. The molecule has 0 saturated carbocycles. The fraction of sp³-hybridized carbons (Fsp3) is 0.650. The molecule has 0 spiro atoms. The van der Waals surface area contributed by atoms with E-state index in [1.807, 2.05) is 13.8 Å². The Bertz CT molecular complexity index is 1500. The molecule has 0 unspecified atom stereocenters. The van der Waals surface area contributed by atoms with E-state index in [1.165, 1.54) is 31.4 Å². The lowest BCUT2D eigenvalue weighted by molar-refractivity contribution is -0.386. The Balaban J connectivity index is 0.000000580. The van der Waals surface area contributed by atoms with Crippen molar-refractivity contribution in [3.63, 3.8) is 0 Å². The number of aliphatic hydroxyl groups is 1.